The number of hydrogen-bond acceptors (Lipinski definition) is 3. The molecule has 1 saturated heterocycles. The molecule has 0 spiro atoms. The van der Waals surface area contributed by atoms with Crippen molar-refractivity contribution in [3.8, 4) is 0 Å². The van der Waals surface area contributed by atoms with Crippen LogP contribution in [0.3, 0.4) is 0 Å². The largest absolute Gasteiger partial charge is 0.390 e. The second kappa shape index (κ2) is 5.83. The summed E-state index contributed by atoms with van der Waals surface area (Å²) in [6.07, 6.45) is 6.52. The van der Waals surface area contributed by atoms with Crippen molar-refractivity contribution in [1.29, 1.82) is 0 Å². The molecule has 0 aromatic carbocycles. The summed E-state index contributed by atoms with van der Waals surface area (Å²) in [7, 11) is 1.82. The van der Waals surface area contributed by atoms with Crippen LogP contribution in [0.15, 0.2) is 0 Å². The first-order valence-corrected chi connectivity index (χ1v) is 6.83. The molecular weight excluding hydrogens is 216 g/mol. The van der Waals surface area contributed by atoms with Gasteiger partial charge in [0.2, 0.25) is 5.91 Å². The fraction of sp³-hybridized carbons (Fsp3) is 0.923. The van der Waals surface area contributed by atoms with Crippen LogP contribution in [0.1, 0.15) is 38.5 Å². The van der Waals surface area contributed by atoms with Crippen LogP contribution in [-0.2, 0) is 4.79 Å². The Morgan fingerprint density at radius 2 is 2.06 bits per heavy atom. The van der Waals surface area contributed by atoms with Crippen molar-refractivity contribution in [2.24, 2.45) is 5.92 Å². The number of carbonyl (C=O) groups is 1. The Balaban J connectivity index is 1.74. The molecule has 17 heavy (non-hydrogen) atoms. The molecule has 1 aliphatic carbocycles. The van der Waals surface area contributed by atoms with E-state index in [1.165, 1.54) is 25.7 Å². The lowest BCUT2D eigenvalue weighted by Gasteiger charge is -2.26. The summed E-state index contributed by atoms with van der Waals surface area (Å²) >= 11 is 0. The van der Waals surface area contributed by atoms with E-state index in [0.29, 0.717) is 19.5 Å². The first-order valence-electron chi connectivity index (χ1n) is 6.83. The van der Waals surface area contributed by atoms with Gasteiger partial charge in [0, 0.05) is 26.6 Å². The minimum atomic E-state index is -0.407. The first-order chi connectivity index (χ1) is 8.18. The molecule has 98 valence electrons. The maximum absolute atomic E-state index is 12.0. The standard InChI is InChI=1S/C13H24N2O2/c1-15(11-8-14-9-12(11)16)13(17)7-6-10-4-2-3-5-10/h10-12,14,16H,2-9H2,1H3/t11-,12-/m0/s1. The van der Waals surface area contributed by atoms with Crippen molar-refractivity contribution < 1.29 is 9.90 Å². The van der Waals surface area contributed by atoms with E-state index < -0.39 is 6.10 Å². The summed E-state index contributed by atoms with van der Waals surface area (Å²) in [5.74, 6) is 0.948. The van der Waals surface area contributed by atoms with E-state index in [-0.39, 0.29) is 11.9 Å². The Morgan fingerprint density at radius 3 is 2.65 bits per heavy atom. The summed E-state index contributed by atoms with van der Waals surface area (Å²) < 4.78 is 0. The summed E-state index contributed by atoms with van der Waals surface area (Å²) in [6.45, 7) is 1.32. The molecule has 1 saturated carbocycles. The van der Waals surface area contributed by atoms with E-state index >= 15 is 0 Å². The lowest BCUT2D eigenvalue weighted by Crippen LogP contribution is -2.44. The fourth-order valence-corrected chi connectivity index (χ4v) is 3.03. The quantitative estimate of drug-likeness (QED) is 0.762. The van der Waals surface area contributed by atoms with E-state index in [1.54, 1.807) is 4.90 Å². The summed E-state index contributed by atoms with van der Waals surface area (Å²) in [5.41, 5.74) is 0. The zero-order valence-corrected chi connectivity index (χ0v) is 10.7. The summed E-state index contributed by atoms with van der Waals surface area (Å²) in [5, 5.41) is 12.8. The van der Waals surface area contributed by atoms with Crippen LogP contribution in [0.2, 0.25) is 0 Å². The molecule has 0 aromatic heterocycles. The summed E-state index contributed by atoms with van der Waals surface area (Å²) in [6, 6.07) is -0.0360. The predicted molar refractivity (Wildman–Crippen MR) is 66.6 cm³/mol. The maximum atomic E-state index is 12.0. The average molecular weight is 240 g/mol. The van der Waals surface area contributed by atoms with E-state index in [2.05, 4.69) is 5.32 Å². The lowest BCUT2D eigenvalue weighted by atomic mass is 10.0. The van der Waals surface area contributed by atoms with E-state index in [4.69, 9.17) is 0 Å². The average Bonchev–Trinajstić information content (AvgIpc) is 2.95. The van der Waals surface area contributed by atoms with Gasteiger partial charge in [-0.3, -0.25) is 4.79 Å². The van der Waals surface area contributed by atoms with Crippen LogP contribution < -0.4 is 5.32 Å². The Hall–Kier alpha value is -0.610. The van der Waals surface area contributed by atoms with Gasteiger partial charge in [-0.15, -0.1) is 0 Å². The van der Waals surface area contributed by atoms with Crippen LogP contribution in [0, 0.1) is 5.92 Å². The van der Waals surface area contributed by atoms with Crippen molar-refractivity contribution in [2.45, 2.75) is 50.7 Å². The number of aliphatic hydroxyl groups is 1. The third-order valence-electron chi connectivity index (χ3n) is 4.28. The van der Waals surface area contributed by atoms with Crippen molar-refractivity contribution >= 4 is 5.91 Å². The van der Waals surface area contributed by atoms with E-state index in [0.717, 1.165) is 12.3 Å². The minimum Gasteiger partial charge on any atom is -0.390 e. The predicted octanol–water partition coefficient (Wildman–Crippen LogP) is 0.748. The second-order valence-electron chi connectivity index (χ2n) is 5.49. The molecule has 1 aliphatic heterocycles. The number of nitrogens with one attached hydrogen (secondary N) is 1. The molecule has 4 nitrogen and oxygen atoms in total. The van der Waals surface area contributed by atoms with Gasteiger partial charge in [-0.2, -0.15) is 0 Å². The van der Waals surface area contributed by atoms with Crippen molar-refractivity contribution in [3.05, 3.63) is 0 Å². The number of aliphatic hydroxyl groups excluding tert-OH is 1. The normalized spacial score (nSPS) is 29.8. The van der Waals surface area contributed by atoms with Gasteiger partial charge in [-0.1, -0.05) is 25.7 Å². The number of hydrogen-bond donors (Lipinski definition) is 2. The number of amides is 1. The number of carbonyl (C=O) groups excluding carboxylic acids is 1. The number of nitrogens with zero attached hydrogens (tertiary/aromatic N) is 1. The van der Waals surface area contributed by atoms with E-state index in [1.807, 2.05) is 7.05 Å². The minimum absolute atomic E-state index is 0.0360. The van der Waals surface area contributed by atoms with Crippen LogP contribution in [0.5, 0.6) is 0 Å². The molecule has 4 heteroatoms. The molecule has 1 heterocycles. The molecule has 1 amide bonds. The maximum Gasteiger partial charge on any atom is 0.222 e. The van der Waals surface area contributed by atoms with Gasteiger partial charge in [-0.25, -0.2) is 0 Å². The molecule has 2 aliphatic rings. The topological polar surface area (TPSA) is 52.6 Å². The van der Waals surface area contributed by atoms with Crippen molar-refractivity contribution in [3.63, 3.8) is 0 Å². The highest BCUT2D eigenvalue weighted by molar-refractivity contribution is 5.76. The van der Waals surface area contributed by atoms with Gasteiger partial charge >= 0.3 is 0 Å². The number of likely N-dealkylation sites (N-methyl/N-ethyl adjacent to an activating group) is 1. The highest BCUT2D eigenvalue weighted by atomic mass is 16.3. The van der Waals surface area contributed by atoms with Gasteiger partial charge in [0.1, 0.15) is 0 Å². The Labute approximate surface area is 103 Å². The molecule has 2 atom stereocenters. The third kappa shape index (κ3) is 3.19. The zero-order chi connectivity index (χ0) is 12.3. The Bertz CT molecular complexity index is 264. The number of β-amino-alcohol motifs (C(OH)–C–C–N with tert-alkyl or cyclic N) is 1. The molecule has 0 radical (unpaired) electrons. The highest BCUT2D eigenvalue weighted by Gasteiger charge is 2.31. The highest BCUT2D eigenvalue weighted by Crippen LogP contribution is 2.28. The molecule has 2 rings (SSSR count). The first kappa shape index (κ1) is 12.8. The monoisotopic (exact) mass is 240 g/mol. The van der Waals surface area contributed by atoms with Crippen molar-refractivity contribution in [2.75, 3.05) is 20.1 Å². The Kier molecular flexibility index (Phi) is 4.40. The second-order valence-corrected chi connectivity index (χ2v) is 5.49. The van der Waals surface area contributed by atoms with Gasteiger partial charge in [0.05, 0.1) is 12.1 Å². The van der Waals surface area contributed by atoms with Gasteiger partial charge < -0.3 is 15.3 Å². The van der Waals surface area contributed by atoms with Crippen LogP contribution >= 0.6 is 0 Å². The third-order valence-corrected chi connectivity index (χ3v) is 4.28. The molecular formula is C13H24N2O2. The van der Waals surface area contributed by atoms with Gasteiger partial charge in [-0.05, 0) is 12.3 Å². The number of rotatable bonds is 4. The fourth-order valence-electron chi connectivity index (χ4n) is 3.03. The molecule has 2 N–H and O–H groups in total. The summed E-state index contributed by atoms with van der Waals surface area (Å²) in [4.78, 5) is 13.8. The lowest BCUT2D eigenvalue weighted by molar-refractivity contribution is -0.133. The smallest absolute Gasteiger partial charge is 0.222 e. The van der Waals surface area contributed by atoms with Gasteiger partial charge in [0.25, 0.3) is 0 Å². The van der Waals surface area contributed by atoms with Crippen LogP contribution in [0.4, 0.5) is 0 Å². The molecule has 0 unspecified atom stereocenters. The molecule has 0 bridgehead atoms. The van der Waals surface area contributed by atoms with E-state index in [9.17, 15) is 9.90 Å². The van der Waals surface area contributed by atoms with Crippen LogP contribution in [-0.4, -0.2) is 48.2 Å². The molecule has 2 fully saturated rings. The van der Waals surface area contributed by atoms with Crippen molar-refractivity contribution in [1.82, 2.24) is 10.2 Å². The van der Waals surface area contributed by atoms with Crippen LogP contribution in [0.25, 0.3) is 0 Å². The van der Waals surface area contributed by atoms with Gasteiger partial charge in [0.15, 0.2) is 0 Å². The zero-order valence-electron chi connectivity index (χ0n) is 10.7. The SMILES string of the molecule is CN(C(=O)CCC1CCCC1)[C@H]1CNC[C@@H]1O. The molecule has 0 aromatic rings. The Morgan fingerprint density at radius 1 is 1.35 bits per heavy atom.